The number of thiophene rings is 1. The van der Waals surface area contributed by atoms with Gasteiger partial charge in [0.15, 0.2) is 0 Å². The van der Waals surface area contributed by atoms with Gasteiger partial charge in [0.1, 0.15) is 11.0 Å². The fourth-order valence-electron chi connectivity index (χ4n) is 3.24. The minimum Gasteiger partial charge on any atom is -0.349 e. The maximum atomic E-state index is 13.3. The van der Waals surface area contributed by atoms with Crippen molar-refractivity contribution in [1.29, 1.82) is 0 Å². The third-order valence-electron chi connectivity index (χ3n) is 4.81. The Bertz CT molecular complexity index is 1130. The van der Waals surface area contributed by atoms with Crippen LogP contribution >= 0.6 is 34.4 Å². The predicted octanol–water partition coefficient (Wildman–Crippen LogP) is 3.81. The zero-order chi connectivity index (χ0) is 21.1. The second-order valence-electron chi connectivity index (χ2n) is 6.71. The van der Waals surface area contributed by atoms with Gasteiger partial charge < -0.3 is 5.32 Å². The number of thiazole rings is 1. The van der Waals surface area contributed by atoms with Gasteiger partial charge in [-0.05, 0) is 29.5 Å². The number of benzene rings is 1. The second-order valence-corrected chi connectivity index (χ2v) is 11.4. The van der Waals surface area contributed by atoms with E-state index in [1.165, 1.54) is 27.4 Å². The summed E-state index contributed by atoms with van der Waals surface area (Å²) in [4.78, 5) is 18.8. The van der Waals surface area contributed by atoms with Crippen molar-refractivity contribution in [2.75, 3.05) is 11.6 Å². The SMILES string of the molecule is CCc1ccccc1S(=O)(=O)N1CSCC1C(=O)NCc1csc(-c2cccs2)n1. The molecule has 3 aromatic rings. The molecule has 1 N–H and O–H groups in total. The van der Waals surface area contributed by atoms with Gasteiger partial charge in [-0.1, -0.05) is 31.2 Å². The molecule has 158 valence electrons. The lowest BCUT2D eigenvalue weighted by atomic mass is 10.2. The number of amides is 1. The Balaban J connectivity index is 1.46. The first-order valence-electron chi connectivity index (χ1n) is 9.44. The predicted molar refractivity (Wildman–Crippen MR) is 123 cm³/mol. The van der Waals surface area contributed by atoms with Gasteiger partial charge in [0.25, 0.3) is 0 Å². The maximum absolute atomic E-state index is 13.3. The zero-order valence-corrected chi connectivity index (χ0v) is 19.5. The standard InChI is InChI=1S/C20H21N3O3S4/c1-2-14-6-3-4-8-18(14)30(25,26)23-13-27-12-16(23)19(24)21-10-15-11-29-20(22-15)17-7-5-9-28-17/h3-9,11,16H,2,10,12-13H2,1H3,(H,21,24). The van der Waals surface area contributed by atoms with Crippen LogP contribution < -0.4 is 5.32 Å². The molecule has 1 unspecified atom stereocenters. The Kier molecular flexibility index (Phi) is 6.59. The van der Waals surface area contributed by atoms with E-state index in [1.807, 2.05) is 41.9 Å². The van der Waals surface area contributed by atoms with Crippen molar-refractivity contribution >= 4 is 50.4 Å². The molecule has 2 aromatic heterocycles. The van der Waals surface area contributed by atoms with Crippen molar-refractivity contribution in [3.8, 4) is 9.88 Å². The minimum atomic E-state index is -3.74. The molecular formula is C20H21N3O3S4. The van der Waals surface area contributed by atoms with Crippen LogP contribution in [0.3, 0.4) is 0 Å². The summed E-state index contributed by atoms with van der Waals surface area (Å²) < 4.78 is 27.8. The van der Waals surface area contributed by atoms with Gasteiger partial charge in [-0.25, -0.2) is 13.4 Å². The third kappa shape index (κ3) is 4.33. The monoisotopic (exact) mass is 479 g/mol. The van der Waals surface area contributed by atoms with Gasteiger partial charge in [0.05, 0.1) is 27.9 Å². The summed E-state index contributed by atoms with van der Waals surface area (Å²) in [5.41, 5.74) is 1.53. The van der Waals surface area contributed by atoms with Gasteiger partial charge >= 0.3 is 0 Å². The zero-order valence-electron chi connectivity index (χ0n) is 16.3. The number of thioether (sulfide) groups is 1. The van der Waals surface area contributed by atoms with E-state index in [1.54, 1.807) is 23.5 Å². The summed E-state index contributed by atoms with van der Waals surface area (Å²) in [5.74, 6) is 0.428. The van der Waals surface area contributed by atoms with Crippen molar-refractivity contribution in [3.63, 3.8) is 0 Å². The van der Waals surface area contributed by atoms with E-state index < -0.39 is 16.1 Å². The van der Waals surface area contributed by atoms with Crippen molar-refractivity contribution in [2.24, 2.45) is 0 Å². The molecule has 0 aliphatic carbocycles. The van der Waals surface area contributed by atoms with Crippen molar-refractivity contribution in [3.05, 3.63) is 58.4 Å². The second kappa shape index (κ2) is 9.19. The van der Waals surface area contributed by atoms with Crippen LogP contribution in [0.25, 0.3) is 9.88 Å². The van der Waals surface area contributed by atoms with E-state index in [2.05, 4.69) is 10.3 Å². The number of nitrogens with zero attached hydrogens (tertiary/aromatic N) is 2. The number of carbonyl (C=O) groups is 1. The fraction of sp³-hybridized carbons (Fsp3) is 0.300. The van der Waals surface area contributed by atoms with Crippen LogP contribution in [0.2, 0.25) is 0 Å². The molecule has 4 rings (SSSR count). The molecule has 3 heterocycles. The molecule has 1 fully saturated rings. The molecule has 30 heavy (non-hydrogen) atoms. The molecule has 0 spiro atoms. The van der Waals surface area contributed by atoms with Crippen molar-refractivity contribution in [1.82, 2.24) is 14.6 Å². The summed E-state index contributed by atoms with van der Waals surface area (Å²) in [6.07, 6.45) is 0.615. The van der Waals surface area contributed by atoms with Gasteiger partial charge in [-0.2, -0.15) is 4.31 Å². The summed E-state index contributed by atoms with van der Waals surface area (Å²) in [6.45, 7) is 2.21. The van der Waals surface area contributed by atoms with Crippen LogP contribution in [-0.2, 0) is 27.8 Å². The molecule has 0 bridgehead atoms. The summed E-state index contributed by atoms with van der Waals surface area (Å²) in [6, 6.07) is 10.3. The van der Waals surface area contributed by atoms with Gasteiger partial charge in [-0.3, -0.25) is 4.79 Å². The van der Waals surface area contributed by atoms with E-state index in [9.17, 15) is 13.2 Å². The molecule has 1 saturated heterocycles. The Morgan fingerprint density at radius 2 is 2.07 bits per heavy atom. The number of nitrogens with one attached hydrogen (secondary N) is 1. The number of aromatic nitrogens is 1. The third-order valence-corrected chi connectivity index (χ3v) is 9.87. The van der Waals surface area contributed by atoms with E-state index in [-0.39, 0.29) is 23.2 Å². The number of aryl methyl sites for hydroxylation is 1. The van der Waals surface area contributed by atoms with E-state index >= 15 is 0 Å². The van der Waals surface area contributed by atoms with Gasteiger partial charge in [0.2, 0.25) is 15.9 Å². The topological polar surface area (TPSA) is 79.4 Å². The van der Waals surface area contributed by atoms with Gasteiger partial charge in [-0.15, -0.1) is 34.4 Å². The van der Waals surface area contributed by atoms with E-state index in [0.717, 1.165) is 21.1 Å². The molecule has 6 nitrogen and oxygen atoms in total. The highest BCUT2D eigenvalue weighted by Crippen LogP contribution is 2.31. The molecular weight excluding hydrogens is 459 g/mol. The van der Waals surface area contributed by atoms with Crippen molar-refractivity contribution in [2.45, 2.75) is 30.8 Å². The number of hydrogen-bond donors (Lipinski definition) is 1. The van der Waals surface area contributed by atoms with Crippen molar-refractivity contribution < 1.29 is 13.2 Å². The lowest BCUT2D eigenvalue weighted by Crippen LogP contribution is -2.47. The molecule has 0 radical (unpaired) electrons. The summed E-state index contributed by atoms with van der Waals surface area (Å²) in [5, 5.41) is 7.72. The normalized spacial score (nSPS) is 17.3. The largest absolute Gasteiger partial charge is 0.349 e. The van der Waals surface area contributed by atoms with Gasteiger partial charge in [0, 0.05) is 11.1 Å². The van der Waals surface area contributed by atoms with Crippen LogP contribution in [0, 0.1) is 0 Å². The molecule has 1 amide bonds. The number of sulfonamides is 1. The maximum Gasteiger partial charge on any atom is 0.244 e. The lowest BCUT2D eigenvalue weighted by molar-refractivity contribution is -0.124. The molecule has 1 aliphatic rings. The highest BCUT2D eigenvalue weighted by Gasteiger charge is 2.40. The van der Waals surface area contributed by atoms with Crippen LogP contribution in [0.15, 0.2) is 52.1 Å². The first-order valence-corrected chi connectivity index (χ1v) is 13.8. The Morgan fingerprint density at radius 3 is 2.83 bits per heavy atom. The lowest BCUT2D eigenvalue weighted by Gasteiger charge is -2.23. The fourth-order valence-corrected chi connectivity index (χ4v) is 8.32. The highest BCUT2D eigenvalue weighted by molar-refractivity contribution is 8.00. The molecule has 1 aromatic carbocycles. The average molecular weight is 480 g/mol. The Labute approximate surface area is 188 Å². The molecule has 1 atom stereocenters. The number of hydrogen-bond acceptors (Lipinski definition) is 7. The quantitative estimate of drug-likeness (QED) is 0.557. The van der Waals surface area contributed by atoms with E-state index in [4.69, 9.17) is 0 Å². The first-order chi connectivity index (χ1) is 14.5. The number of rotatable bonds is 7. The molecule has 10 heteroatoms. The van der Waals surface area contributed by atoms with Crippen LogP contribution in [0.4, 0.5) is 0 Å². The minimum absolute atomic E-state index is 0.275. The first kappa shape index (κ1) is 21.5. The highest BCUT2D eigenvalue weighted by atomic mass is 32.2. The summed E-state index contributed by atoms with van der Waals surface area (Å²) in [7, 11) is -3.74. The number of carbonyl (C=O) groups excluding carboxylic acids is 1. The smallest absolute Gasteiger partial charge is 0.244 e. The van der Waals surface area contributed by atoms with Crippen LogP contribution in [0.1, 0.15) is 18.2 Å². The Hall–Kier alpha value is -1.72. The Morgan fingerprint density at radius 1 is 1.23 bits per heavy atom. The molecule has 0 saturated carbocycles. The average Bonchev–Trinajstić information content (AvgIpc) is 3.52. The van der Waals surface area contributed by atoms with Crippen LogP contribution in [0.5, 0.6) is 0 Å². The van der Waals surface area contributed by atoms with Crippen LogP contribution in [-0.4, -0.2) is 41.3 Å². The van der Waals surface area contributed by atoms with E-state index in [0.29, 0.717) is 12.2 Å². The summed E-state index contributed by atoms with van der Waals surface area (Å²) >= 11 is 4.61. The molecule has 1 aliphatic heterocycles.